The van der Waals surface area contributed by atoms with Crippen molar-refractivity contribution in [3.05, 3.63) is 17.7 Å². The number of nitrogens with zero attached hydrogens (tertiary/aromatic N) is 1. The Balaban J connectivity index is 2.97. The number of hydrogen-bond acceptors (Lipinski definition) is 3. The average molecular weight is 209 g/mol. The molecule has 0 spiro atoms. The standard InChI is InChI=1S/C12H19NO2/c1-5-14-11-7-10(9(3)4)8-12(13-11)15-6-2/h7-9H,5-6H2,1-4H3. The largest absolute Gasteiger partial charge is 0.478 e. The van der Waals surface area contributed by atoms with Gasteiger partial charge in [-0.15, -0.1) is 0 Å². The van der Waals surface area contributed by atoms with Gasteiger partial charge in [0, 0.05) is 12.1 Å². The second kappa shape index (κ2) is 5.59. The van der Waals surface area contributed by atoms with E-state index in [1.807, 2.05) is 26.0 Å². The second-order valence-electron chi connectivity index (χ2n) is 3.60. The quantitative estimate of drug-likeness (QED) is 0.747. The third-order valence-corrected chi connectivity index (χ3v) is 2.05. The maximum Gasteiger partial charge on any atom is 0.216 e. The highest BCUT2D eigenvalue weighted by molar-refractivity contribution is 5.30. The molecule has 0 radical (unpaired) electrons. The van der Waals surface area contributed by atoms with Crippen LogP contribution < -0.4 is 9.47 Å². The lowest BCUT2D eigenvalue weighted by atomic mass is 10.1. The van der Waals surface area contributed by atoms with E-state index in [9.17, 15) is 0 Å². The molecule has 0 aromatic carbocycles. The molecule has 0 saturated heterocycles. The van der Waals surface area contributed by atoms with Gasteiger partial charge in [-0.3, -0.25) is 0 Å². The van der Waals surface area contributed by atoms with Crippen LogP contribution in [0.5, 0.6) is 11.8 Å². The normalized spacial score (nSPS) is 10.5. The highest BCUT2D eigenvalue weighted by atomic mass is 16.5. The molecular weight excluding hydrogens is 190 g/mol. The summed E-state index contributed by atoms with van der Waals surface area (Å²) in [4.78, 5) is 4.25. The molecule has 0 saturated carbocycles. The van der Waals surface area contributed by atoms with Gasteiger partial charge in [0.2, 0.25) is 11.8 Å². The summed E-state index contributed by atoms with van der Waals surface area (Å²) in [5.41, 5.74) is 1.19. The SMILES string of the molecule is CCOc1cc(C(C)C)cc(OCC)n1. The smallest absolute Gasteiger partial charge is 0.216 e. The van der Waals surface area contributed by atoms with Gasteiger partial charge < -0.3 is 9.47 Å². The lowest BCUT2D eigenvalue weighted by molar-refractivity contribution is 0.298. The van der Waals surface area contributed by atoms with E-state index < -0.39 is 0 Å². The van der Waals surface area contributed by atoms with E-state index in [1.165, 1.54) is 5.56 Å². The van der Waals surface area contributed by atoms with Crippen molar-refractivity contribution in [1.29, 1.82) is 0 Å². The van der Waals surface area contributed by atoms with Crippen LogP contribution in [-0.2, 0) is 0 Å². The van der Waals surface area contributed by atoms with Gasteiger partial charge >= 0.3 is 0 Å². The first-order valence-electron chi connectivity index (χ1n) is 5.45. The first-order chi connectivity index (χ1) is 7.17. The van der Waals surface area contributed by atoms with Crippen molar-refractivity contribution >= 4 is 0 Å². The van der Waals surface area contributed by atoms with Gasteiger partial charge in [-0.25, -0.2) is 0 Å². The van der Waals surface area contributed by atoms with Gasteiger partial charge in [-0.2, -0.15) is 4.98 Å². The molecule has 0 atom stereocenters. The Bertz CT molecular complexity index is 286. The monoisotopic (exact) mass is 209 g/mol. The van der Waals surface area contributed by atoms with Gasteiger partial charge in [-0.1, -0.05) is 13.8 Å². The summed E-state index contributed by atoms with van der Waals surface area (Å²) < 4.78 is 10.8. The highest BCUT2D eigenvalue weighted by Crippen LogP contribution is 2.23. The molecule has 84 valence electrons. The van der Waals surface area contributed by atoms with E-state index in [4.69, 9.17) is 9.47 Å². The number of pyridine rings is 1. The molecular formula is C12H19NO2. The van der Waals surface area contributed by atoms with Crippen LogP contribution in [0.15, 0.2) is 12.1 Å². The van der Waals surface area contributed by atoms with Crippen LogP contribution in [0.4, 0.5) is 0 Å². The van der Waals surface area contributed by atoms with Gasteiger partial charge in [-0.05, 0) is 25.3 Å². The molecule has 3 heteroatoms. The van der Waals surface area contributed by atoms with Gasteiger partial charge in [0.1, 0.15) is 0 Å². The zero-order chi connectivity index (χ0) is 11.3. The third kappa shape index (κ3) is 3.42. The van der Waals surface area contributed by atoms with Crippen LogP contribution in [0, 0.1) is 0 Å². The van der Waals surface area contributed by atoms with E-state index in [-0.39, 0.29) is 0 Å². The fraction of sp³-hybridized carbons (Fsp3) is 0.583. The molecule has 0 fully saturated rings. The van der Waals surface area contributed by atoms with Crippen molar-refractivity contribution in [3.63, 3.8) is 0 Å². The number of hydrogen-bond donors (Lipinski definition) is 0. The van der Waals surface area contributed by atoms with Crippen LogP contribution in [0.1, 0.15) is 39.2 Å². The summed E-state index contributed by atoms with van der Waals surface area (Å²) in [6.07, 6.45) is 0. The van der Waals surface area contributed by atoms with Crippen molar-refractivity contribution in [3.8, 4) is 11.8 Å². The van der Waals surface area contributed by atoms with Crippen molar-refractivity contribution in [1.82, 2.24) is 4.98 Å². The molecule has 0 aliphatic heterocycles. The number of ether oxygens (including phenoxy) is 2. The molecule has 0 aliphatic carbocycles. The zero-order valence-corrected chi connectivity index (χ0v) is 9.91. The van der Waals surface area contributed by atoms with E-state index >= 15 is 0 Å². The minimum absolute atomic E-state index is 0.450. The fourth-order valence-electron chi connectivity index (χ4n) is 1.28. The van der Waals surface area contributed by atoms with E-state index in [0.29, 0.717) is 30.9 Å². The first-order valence-corrected chi connectivity index (χ1v) is 5.45. The molecule has 1 aromatic rings. The number of rotatable bonds is 5. The van der Waals surface area contributed by atoms with Crippen molar-refractivity contribution in [2.45, 2.75) is 33.6 Å². The van der Waals surface area contributed by atoms with Crippen LogP contribution in [-0.4, -0.2) is 18.2 Å². The minimum Gasteiger partial charge on any atom is -0.478 e. The maximum absolute atomic E-state index is 5.39. The summed E-state index contributed by atoms with van der Waals surface area (Å²) in [5, 5.41) is 0. The Hall–Kier alpha value is -1.25. The van der Waals surface area contributed by atoms with Gasteiger partial charge in [0.15, 0.2) is 0 Å². The fourth-order valence-corrected chi connectivity index (χ4v) is 1.28. The molecule has 1 heterocycles. The predicted molar refractivity (Wildman–Crippen MR) is 60.7 cm³/mol. The molecule has 0 bridgehead atoms. The molecule has 0 amide bonds. The topological polar surface area (TPSA) is 31.4 Å². The zero-order valence-electron chi connectivity index (χ0n) is 9.91. The molecule has 1 aromatic heterocycles. The first kappa shape index (κ1) is 11.8. The molecule has 0 N–H and O–H groups in total. The van der Waals surface area contributed by atoms with Crippen LogP contribution in [0.25, 0.3) is 0 Å². The Morgan fingerprint density at radius 3 is 1.87 bits per heavy atom. The van der Waals surface area contributed by atoms with E-state index in [2.05, 4.69) is 18.8 Å². The molecule has 0 aliphatic rings. The molecule has 0 unspecified atom stereocenters. The molecule has 3 nitrogen and oxygen atoms in total. The Labute approximate surface area is 91.4 Å². The predicted octanol–water partition coefficient (Wildman–Crippen LogP) is 3.00. The average Bonchev–Trinajstić information content (AvgIpc) is 2.18. The maximum atomic E-state index is 5.39. The van der Waals surface area contributed by atoms with Crippen molar-refractivity contribution in [2.24, 2.45) is 0 Å². The van der Waals surface area contributed by atoms with E-state index in [0.717, 1.165) is 0 Å². The van der Waals surface area contributed by atoms with Gasteiger partial charge in [0.25, 0.3) is 0 Å². The van der Waals surface area contributed by atoms with Crippen molar-refractivity contribution in [2.75, 3.05) is 13.2 Å². The Morgan fingerprint density at radius 2 is 1.53 bits per heavy atom. The Morgan fingerprint density at radius 1 is 1.07 bits per heavy atom. The van der Waals surface area contributed by atoms with Crippen molar-refractivity contribution < 1.29 is 9.47 Å². The summed E-state index contributed by atoms with van der Waals surface area (Å²) in [5.74, 6) is 1.74. The Kier molecular flexibility index (Phi) is 4.40. The van der Waals surface area contributed by atoms with Crippen LogP contribution >= 0.6 is 0 Å². The minimum atomic E-state index is 0.450. The second-order valence-corrected chi connectivity index (χ2v) is 3.60. The van der Waals surface area contributed by atoms with Gasteiger partial charge in [0.05, 0.1) is 13.2 Å². The number of aromatic nitrogens is 1. The van der Waals surface area contributed by atoms with E-state index in [1.54, 1.807) is 0 Å². The summed E-state index contributed by atoms with van der Waals surface area (Å²) in [6, 6.07) is 3.94. The van der Waals surface area contributed by atoms with Crippen LogP contribution in [0.2, 0.25) is 0 Å². The third-order valence-electron chi connectivity index (χ3n) is 2.05. The lowest BCUT2D eigenvalue weighted by Gasteiger charge is -2.11. The molecule has 1 rings (SSSR count). The summed E-state index contributed by atoms with van der Waals surface area (Å²) in [6.45, 7) is 9.43. The van der Waals surface area contributed by atoms with Crippen LogP contribution in [0.3, 0.4) is 0 Å². The highest BCUT2D eigenvalue weighted by Gasteiger charge is 2.06. The molecule has 15 heavy (non-hydrogen) atoms. The lowest BCUT2D eigenvalue weighted by Crippen LogP contribution is -2.01. The summed E-state index contributed by atoms with van der Waals surface area (Å²) >= 11 is 0. The summed E-state index contributed by atoms with van der Waals surface area (Å²) in [7, 11) is 0.